The highest BCUT2D eigenvalue weighted by molar-refractivity contribution is 5.89. The maximum atomic E-state index is 11.2. The molecule has 4 rings (SSSR count). The molecule has 0 aliphatic rings. The normalized spacial score (nSPS) is 10.7. The number of hydrogen-bond acceptors (Lipinski definition) is 6. The number of hydrogen-bond donors (Lipinski definition) is 2. The van der Waals surface area contributed by atoms with Crippen molar-refractivity contribution in [3.8, 4) is 22.8 Å². The van der Waals surface area contributed by atoms with Gasteiger partial charge >= 0.3 is 5.97 Å². The van der Waals surface area contributed by atoms with Crippen molar-refractivity contribution in [1.29, 1.82) is 0 Å². The average molecular weight is 390 g/mol. The Labute approximate surface area is 166 Å². The summed E-state index contributed by atoms with van der Waals surface area (Å²) in [5.41, 5.74) is 2.98. The average Bonchev–Trinajstić information content (AvgIpc) is 3.12. The molecule has 0 saturated heterocycles. The Balaban J connectivity index is 1.86. The van der Waals surface area contributed by atoms with E-state index < -0.39 is 5.97 Å². The lowest BCUT2D eigenvalue weighted by Gasteiger charge is -2.14. The first-order chi connectivity index (χ1) is 14.1. The number of carbonyl (C=O) groups is 1. The summed E-state index contributed by atoms with van der Waals surface area (Å²) in [7, 11) is 3.19. The fourth-order valence-electron chi connectivity index (χ4n) is 3.04. The highest BCUT2D eigenvalue weighted by atomic mass is 16.5. The van der Waals surface area contributed by atoms with Crippen LogP contribution in [0.4, 0.5) is 11.5 Å². The van der Waals surface area contributed by atoms with Gasteiger partial charge in [0.2, 0.25) is 0 Å². The third kappa shape index (κ3) is 3.43. The van der Waals surface area contributed by atoms with Gasteiger partial charge in [-0.3, -0.25) is 9.38 Å². The summed E-state index contributed by atoms with van der Waals surface area (Å²) < 4.78 is 12.7. The second-order valence-electron chi connectivity index (χ2n) is 6.19. The van der Waals surface area contributed by atoms with E-state index in [1.165, 1.54) is 0 Å². The molecule has 2 aromatic heterocycles. The lowest BCUT2D eigenvalue weighted by Crippen LogP contribution is -2.00. The number of ether oxygens (including phenoxy) is 2. The molecule has 146 valence electrons. The molecule has 2 heterocycles. The zero-order valence-electron chi connectivity index (χ0n) is 15.8. The second kappa shape index (κ2) is 7.51. The lowest BCUT2D eigenvalue weighted by molar-refractivity contribution is 0.0697. The van der Waals surface area contributed by atoms with Crippen LogP contribution in [0.25, 0.3) is 16.9 Å². The van der Waals surface area contributed by atoms with E-state index >= 15 is 0 Å². The van der Waals surface area contributed by atoms with Crippen molar-refractivity contribution in [2.75, 3.05) is 19.5 Å². The Bertz CT molecular complexity index is 1190. The minimum Gasteiger partial charge on any atom is -0.497 e. The van der Waals surface area contributed by atoms with E-state index in [1.54, 1.807) is 57.1 Å². The van der Waals surface area contributed by atoms with E-state index in [0.29, 0.717) is 34.3 Å². The van der Waals surface area contributed by atoms with Gasteiger partial charge in [0.1, 0.15) is 23.0 Å². The quantitative estimate of drug-likeness (QED) is 0.516. The lowest BCUT2D eigenvalue weighted by atomic mass is 10.1. The molecule has 2 N–H and O–H groups in total. The SMILES string of the molecule is COc1ccc(OC)c(Nc2c(-c3ccc(C(=O)O)cc3)nc3cnccn23)c1. The number of anilines is 2. The highest BCUT2D eigenvalue weighted by Gasteiger charge is 2.17. The van der Waals surface area contributed by atoms with Gasteiger partial charge in [-0.1, -0.05) is 12.1 Å². The highest BCUT2D eigenvalue weighted by Crippen LogP contribution is 2.36. The van der Waals surface area contributed by atoms with Crippen LogP contribution in [0.3, 0.4) is 0 Å². The molecule has 8 nitrogen and oxygen atoms in total. The van der Waals surface area contributed by atoms with Crippen molar-refractivity contribution in [1.82, 2.24) is 14.4 Å². The number of carboxylic acids is 1. The van der Waals surface area contributed by atoms with E-state index in [9.17, 15) is 4.79 Å². The molecule has 4 aromatic rings. The number of imidazole rings is 1. The zero-order chi connectivity index (χ0) is 20.4. The van der Waals surface area contributed by atoms with E-state index in [0.717, 1.165) is 5.56 Å². The molecule has 0 bridgehead atoms. The van der Waals surface area contributed by atoms with E-state index in [2.05, 4.69) is 15.3 Å². The molecular formula is C21H18N4O4. The second-order valence-corrected chi connectivity index (χ2v) is 6.19. The molecule has 8 heteroatoms. The van der Waals surface area contributed by atoms with Crippen molar-refractivity contribution >= 4 is 23.1 Å². The molecule has 0 fully saturated rings. The zero-order valence-corrected chi connectivity index (χ0v) is 15.8. The summed E-state index contributed by atoms with van der Waals surface area (Å²) in [6.45, 7) is 0. The molecule has 0 aliphatic heterocycles. The van der Waals surface area contributed by atoms with Crippen LogP contribution in [-0.4, -0.2) is 39.7 Å². The van der Waals surface area contributed by atoms with Crippen LogP contribution in [0, 0.1) is 0 Å². The van der Waals surface area contributed by atoms with Crippen LogP contribution in [0.15, 0.2) is 61.1 Å². The maximum absolute atomic E-state index is 11.2. The fourth-order valence-corrected chi connectivity index (χ4v) is 3.04. The van der Waals surface area contributed by atoms with Gasteiger partial charge in [0.15, 0.2) is 5.65 Å². The first kappa shape index (κ1) is 18.3. The van der Waals surface area contributed by atoms with E-state index in [4.69, 9.17) is 14.6 Å². The van der Waals surface area contributed by atoms with Crippen molar-refractivity contribution in [2.24, 2.45) is 0 Å². The Kier molecular flexibility index (Phi) is 4.74. The van der Waals surface area contributed by atoms with Gasteiger partial charge in [0.05, 0.1) is 31.7 Å². The molecular weight excluding hydrogens is 372 g/mol. The monoisotopic (exact) mass is 390 g/mol. The number of carboxylic acid groups (broad SMARTS) is 1. The third-order valence-electron chi connectivity index (χ3n) is 4.50. The number of fused-ring (bicyclic) bond motifs is 1. The predicted octanol–water partition coefficient (Wildman–Crippen LogP) is 3.86. The number of benzene rings is 2. The van der Waals surface area contributed by atoms with Crippen LogP contribution >= 0.6 is 0 Å². The van der Waals surface area contributed by atoms with Gasteiger partial charge in [0, 0.05) is 24.0 Å². The molecule has 0 atom stereocenters. The van der Waals surface area contributed by atoms with Crippen LogP contribution < -0.4 is 14.8 Å². The van der Waals surface area contributed by atoms with Gasteiger partial charge in [-0.25, -0.2) is 9.78 Å². The smallest absolute Gasteiger partial charge is 0.335 e. The van der Waals surface area contributed by atoms with Gasteiger partial charge in [-0.15, -0.1) is 0 Å². The predicted molar refractivity (Wildman–Crippen MR) is 108 cm³/mol. The summed E-state index contributed by atoms with van der Waals surface area (Å²) in [4.78, 5) is 20.0. The number of nitrogens with one attached hydrogen (secondary N) is 1. The van der Waals surface area contributed by atoms with Crippen LogP contribution in [-0.2, 0) is 0 Å². The topological polar surface area (TPSA) is 98.0 Å². The molecule has 29 heavy (non-hydrogen) atoms. The maximum Gasteiger partial charge on any atom is 0.335 e. The molecule has 2 aromatic carbocycles. The Morgan fingerprint density at radius 1 is 1.10 bits per heavy atom. The summed E-state index contributed by atoms with van der Waals surface area (Å²) >= 11 is 0. The Hall–Kier alpha value is -4.07. The standard InChI is InChI=1S/C21H18N4O4/c1-28-15-7-8-17(29-2)16(11-15)23-20-19(24-18-12-22-9-10-25(18)20)13-3-5-14(6-4-13)21(26)27/h3-12,23H,1-2H3,(H,26,27). The molecule has 0 aliphatic carbocycles. The number of methoxy groups -OCH3 is 2. The van der Waals surface area contributed by atoms with Gasteiger partial charge in [-0.05, 0) is 24.3 Å². The van der Waals surface area contributed by atoms with E-state index in [-0.39, 0.29) is 5.56 Å². The summed E-state index contributed by atoms with van der Waals surface area (Å²) in [5, 5.41) is 12.5. The number of nitrogens with zero attached hydrogens (tertiary/aromatic N) is 3. The first-order valence-corrected chi connectivity index (χ1v) is 8.75. The summed E-state index contributed by atoms with van der Waals surface area (Å²) in [5.74, 6) is 1.03. The van der Waals surface area contributed by atoms with Crippen molar-refractivity contribution in [3.63, 3.8) is 0 Å². The Morgan fingerprint density at radius 3 is 2.59 bits per heavy atom. The minimum atomic E-state index is -0.977. The van der Waals surface area contributed by atoms with E-state index in [1.807, 2.05) is 22.6 Å². The van der Waals surface area contributed by atoms with Gasteiger partial charge < -0.3 is 19.9 Å². The van der Waals surface area contributed by atoms with Crippen LogP contribution in [0.5, 0.6) is 11.5 Å². The van der Waals surface area contributed by atoms with Crippen LogP contribution in [0.1, 0.15) is 10.4 Å². The molecule has 0 spiro atoms. The molecule has 0 unspecified atom stereocenters. The minimum absolute atomic E-state index is 0.211. The summed E-state index contributed by atoms with van der Waals surface area (Å²) in [6.07, 6.45) is 5.12. The van der Waals surface area contributed by atoms with Crippen molar-refractivity contribution in [3.05, 3.63) is 66.6 Å². The third-order valence-corrected chi connectivity index (χ3v) is 4.50. The van der Waals surface area contributed by atoms with Gasteiger partial charge in [-0.2, -0.15) is 0 Å². The molecule has 0 saturated carbocycles. The first-order valence-electron chi connectivity index (χ1n) is 8.75. The Morgan fingerprint density at radius 2 is 1.90 bits per heavy atom. The largest absolute Gasteiger partial charge is 0.497 e. The van der Waals surface area contributed by atoms with Crippen molar-refractivity contribution < 1.29 is 19.4 Å². The summed E-state index contributed by atoms with van der Waals surface area (Å²) in [6, 6.07) is 12.0. The fraction of sp³-hybridized carbons (Fsp3) is 0.0952. The molecule has 0 amide bonds. The molecule has 0 radical (unpaired) electrons. The number of aromatic nitrogens is 3. The number of rotatable bonds is 6. The number of aromatic carboxylic acids is 1. The van der Waals surface area contributed by atoms with Gasteiger partial charge in [0.25, 0.3) is 0 Å². The van der Waals surface area contributed by atoms with Crippen molar-refractivity contribution in [2.45, 2.75) is 0 Å². The van der Waals surface area contributed by atoms with Crippen LogP contribution in [0.2, 0.25) is 0 Å².